The predicted octanol–water partition coefficient (Wildman–Crippen LogP) is 3.31. The van der Waals surface area contributed by atoms with Crippen LogP contribution < -0.4 is 0 Å². The summed E-state index contributed by atoms with van der Waals surface area (Å²) in [4.78, 5) is 15.5. The largest absolute Gasteiger partial charge is 0.469 e. The number of aromatic nitrogens is 1. The summed E-state index contributed by atoms with van der Waals surface area (Å²) in [5, 5.41) is 1.26. The molecule has 0 spiro atoms. The van der Waals surface area contributed by atoms with Gasteiger partial charge in [-0.05, 0) is 29.9 Å². The van der Waals surface area contributed by atoms with Gasteiger partial charge in [0.2, 0.25) is 0 Å². The van der Waals surface area contributed by atoms with E-state index in [-0.39, 0.29) is 11.9 Å². The van der Waals surface area contributed by atoms with E-state index >= 15 is 0 Å². The zero-order chi connectivity index (χ0) is 16.4. The first-order chi connectivity index (χ1) is 11.7. The molecule has 1 aliphatic carbocycles. The molecular weight excluding hydrogens is 300 g/mol. The Hall–Kier alpha value is -1.81. The lowest BCUT2D eigenvalue weighted by atomic mass is 9.65. The normalized spacial score (nSPS) is 31.2. The second kappa shape index (κ2) is 5.09. The Morgan fingerprint density at radius 1 is 1.29 bits per heavy atom. The molecule has 0 amide bonds. The van der Waals surface area contributed by atoms with Gasteiger partial charge in [0.15, 0.2) is 0 Å². The van der Waals surface area contributed by atoms with Crippen molar-refractivity contribution in [1.29, 1.82) is 0 Å². The number of para-hydroxylation sites is 1. The first-order valence-corrected chi connectivity index (χ1v) is 9.17. The molecule has 126 valence electrons. The molecule has 4 nitrogen and oxygen atoms in total. The van der Waals surface area contributed by atoms with Crippen molar-refractivity contribution in [3.63, 3.8) is 0 Å². The van der Waals surface area contributed by atoms with E-state index in [2.05, 4.69) is 40.7 Å². The van der Waals surface area contributed by atoms with Gasteiger partial charge in [-0.2, -0.15) is 0 Å². The predicted molar refractivity (Wildman–Crippen MR) is 92.9 cm³/mol. The molecule has 4 atom stereocenters. The molecular formula is C20H24N2O2. The van der Waals surface area contributed by atoms with Crippen molar-refractivity contribution in [2.45, 2.75) is 38.3 Å². The third-order valence-corrected chi connectivity index (χ3v) is 6.71. The van der Waals surface area contributed by atoms with Crippen LogP contribution in [0.3, 0.4) is 0 Å². The molecule has 0 unspecified atom stereocenters. The lowest BCUT2D eigenvalue weighted by molar-refractivity contribution is -0.146. The molecule has 2 aliphatic heterocycles. The van der Waals surface area contributed by atoms with Crippen molar-refractivity contribution >= 4 is 16.9 Å². The molecule has 3 heterocycles. The van der Waals surface area contributed by atoms with Crippen LogP contribution in [0.15, 0.2) is 24.3 Å². The summed E-state index contributed by atoms with van der Waals surface area (Å²) < 4.78 is 7.75. The minimum atomic E-state index is -0.0994. The van der Waals surface area contributed by atoms with Gasteiger partial charge in [0.1, 0.15) is 0 Å². The van der Waals surface area contributed by atoms with Gasteiger partial charge in [0, 0.05) is 36.2 Å². The van der Waals surface area contributed by atoms with E-state index in [4.69, 9.17) is 4.74 Å². The van der Waals surface area contributed by atoms with E-state index < -0.39 is 0 Å². The highest BCUT2D eigenvalue weighted by Crippen LogP contribution is 2.55. The molecule has 2 bridgehead atoms. The Morgan fingerprint density at radius 2 is 2.12 bits per heavy atom. The van der Waals surface area contributed by atoms with Gasteiger partial charge in [0.05, 0.1) is 19.1 Å². The highest BCUT2D eigenvalue weighted by molar-refractivity contribution is 5.93. The van der Waals surface area contributed by atoms with Gasteiger partial charge < -0.3 is 9.30 Å². The quantitative estimate of drug-likeness (QED) is 0.795. The number of hydrogen-bond acceptors (Lipinski definition) is 3. The zero-order valence-electron chi connectivity index (χ0n) is 14.4. The number of carbonyl (C=O) groups is 1. The van der Waals surface area contributed by atoms with Gasteiger partial charge in [-0.1, -0.05) is 31.5 Å². The monoisotopic (exact) mass is 324 g/mol. The first-order valence-electron chi connectivity index (χ1n) is 9.17. The fraction of sp³-hybridized carbons (Fsp3) is 0.550. The average Bonchev–Trinajstić information content (AvgIpc) is 2.96. The minimum Gasteiger partial charge on any atom is -0.469 e. The molecule has 1 aromatic heterocycles. The maximum Gasteiger partial charge on any atom is 0.313 e. The summed E-state index contributed by atoms with van der Waals surface area (Å²) in [5.74, 6) is 0.847. The van der Waals surface area contributed by atoms with Crippen LogP contribution in [0.25, 0.3) is 10.9 Å². The molecule has 0 radical (unpaired) electrons. The first kappa shape index (κ1) is 14.5. The van der Waals surface area contributed by atoms with Crippen molar-refractivity contribution in [1.82, 2.24) is 9.47 Å². The number of benzene rings is 1. The Labute approximate surface area is 142 Å². The van der Waals surface area contributed by atoms with Crippen LogP contribution in [0.5, 0.6) is 0 Å². The average molecular weight is 324 g/mol. The van der Waals surface area contributed by atoms with Crippen LogP contribution in [-0.2, 0) is 16.1 Å². The van der Waals surface area contributed by atoms with Gasteiger partial charge in [-0.25, -0.2) is 0 Å². The summed E-state index contributed by atoms with van der Waals surface area (Å²) in [7, 11) is 1.54. The molecule has 24 heavy (non-hydrogen) atoms. The number of ether oxygens (including phenoxy) is 1. The SMILES string of the molecule is CC[C@@H]1CN2CCn3c4c(c5ccccc53)[C@@H](C(=O)OC)[C@H]1C[C@@H]42. The van der Waals surface area contributed by atoms with E-state index in [1.807, 2.05) is 0 Å². The highest BCUT2D eigenvalue weighted by atomic mass is 16.5. The third kappa shape index (κ3) is 1.70. The maximum absolute atomic E-state index is 12.8. The Bertz CT molecular complexity index is 824. The molecule has 1 fully saturated rings. The molecule has 1 saturated heterocycles. The van der Waals surface area contributed by atoms with E-state index in [1.165, 1.54) is 29.3 Å². The second-order valence-corrected chi connectivity index (χ2v) is 7.55. The van der Waals surface area contributed by atoms with E-state index in [0.29, 0.717) is 17.9 Å². The minimum absolute atomic E-state index is 0.0462. The van der Waals surface area contributed by atoms with Crippen LogP contribution in [0.2, 0.25) is 0 Å². The van der Waals surface area contributed by atoms with Gasteiger partial charge >= 0.3 is 5.97 Å². The lowest BCUT2D eigenvalue weighted by Gasteiger charge is -2.52. The van der Waals surface area contributed by atoms with Crippen molar-refractivity contribution in [3.05, 3.63) is 35.5 Å². The van der Waals surface area contributed by atoms with Crippen molar-refractivity contribution < 1.29 is 9.53 Å². The fourth-order valence-corrected chi connectivity index (χ4v) is 5.67. The summed E-state index contributed by atoms with van der Waals surface area (Å²) in [5.41, 5.74) is 3.95. The summed E-state index contributed by atoms with van der Waals surface area (Å²) in [6.45, 7) is 5.55. The second-order valence-electron chi connectivity index (χ2n) is 7.55. The van der Waals surface area contributed by atoms with E-state index in [9.17, 15) is 4.79 Å². The summed E-state index contributed by atoms with van der Waals surface area (Å²) in [6.07, 6.45) is 2.23. The van der Waals surface area contributed by atoms with Crippen LogP contribution in [0.1, 0.15) is 43.0 Å². The molecule has 5 rings (SSSR count). The number of methoxy groups -OCH3 is 1. The Kier molecular flexibility index (Phi) is 3.08. The number of carbonyl (C=O) groups excluding carboxylic acids is 1. The van der Waals surface area contributed by atoms with Crippen molar-refractivity contribution in [3.8, 4) is 0 Å². The number of fused-ring (bicyclic) bond motifs is 4. The Balaban J connectivity index is 1.83. The van der Waals surface area contributed by atoms with Crippen LogP contribution >= 0.6 is 0 Å². The van der Waals surface area contributed by atoms with Crippen LogP contribution in [0.4, 0.5) is 0 Å². The third-order valence-electron chi connectivity index (χ3n) is 6.71. The van der Waals surface area contributed by atoms with Crippen LogP contribution in [0, 0.1) is 11.8 Å². The molecule has 4 heteroatoms. The van der Waals surface area contributed by atoms with E-state index in [0.717, 1.165) is 32.5 Å². The standard InChI is InChI=1S/C20H24N2O2/c1-3-12-11-21-8-9-22-15-7-5-4-6-13(15)17-18(20(23)24-2)14(12)10-16(21)19(17)22/h4-7,12,14,16,18H,3,8-11H2,1-2H3/t12-,14+,16+,18+/m1/s1. The fourth-order valence-electron chi connectivity index (χ4n) is 5.67. The molecule has 0 N–H and O–H groups in total. The smallest absolute Gasteiger partial charge is 0.313 e. The van der Waals surface area contributed by atoms with Gasteiger partial charge in [0.25, 0.3) is 0 Å². The van der Waals surface area contributed by atoms with E-state index in [1.54, 1.807) is 0 Å². The van der Waals surface area contributed by atoms with Gasteiger partial charge in [-0.15, -0.1) is 0 Å². The number of piperidine rings is 1. The molecule has 1 aromatic carbocycles. The lowest BCUT2D eigenvalue weighted by Crippen LogP contribution is -2.52. The Morgan fingerprint density at radius 3 is 2.92 bits per heavy atom. The van der Waals surface area contributed by atoms with Gasteiger partial charge in [-0.3, -0.25) is 9.69 Å². The topological polar surface area (TPSA) is 34.5 Å². The number of hydrogen-bond donors (Lipinski definition) is 0. The number of rotatable bonds is 2. The number of nitrogens with zero attached hydrogens (tertiary/aromatic N) is 2. The molecule has 3 aliphatic rings. The zero-order valence-corrected chi connectivity index (χ0v) is 14.4. The van der Waals surface area contributed by atoms with Crippen molar-refractivity contribution in [2.75, 3.05) is 20.2 Å². The molecule has 0 saturated carbocycles. The summed E-state index contributed by atoms with van der Waals surface area (Å²) >= 11 is 0. The van der Waals surface area contributed by atoms with Crippen LogP contribution in [-0.4, -0.2) is 35.6 Å². The molecule has 2 aromatic rings. The summed E-state index contributed by atoms with van der Waals surface area (Å²) in [6, 6.07) is 9.09. The maximum atomic E-state index is 12.8. The highest BCUT2D eigenvalue weighted by Gasteiger charge is 2.51. The number of esters is 1. The van der Waals surface area contributed by atoms with Crippen molar-refractivity contribution in [2.24, 2.45) is 11.8 Å².